The molecule has 1 atom stereocenters. The van der Waals surface area contributed by atoms with Crippen LogP contribution in [-0.2, 0) is 9.53 Å². The van der Waals surface area contributed by atoms with Crippen molar-refractivity contribution in [2.24, 2.45) is 0 Å². The lowest BCUT2D eigenvalue weighted by Gasteiger charge is -2.17. The summed E-state index contributed by atoms with van der Waals surface area (Å²) in [7, 11) is 1.34. The van der Waals surface area contributed by atoms with Gasteiger partial charge in [0.2, 0.25) is 5.91 Å². The van der Waals surface area contributed by atoms with Crippen LogP contribution in [0.25, 0.3) is 6.08 Å². The molecule has 0 spiro atoms. The molecule has 1 N–H and O–H groups in total. The van der Waals surface area contributed by atoms with Crippen molar-refractivity contribution in [2.75, 3.05) is 7.11 Å². The van der Waals surface area contributed by atoms with E-state index in [0.717, 1.165) is 16.0 Å². The summed E-state index contributed by atoms with van der Waals surface area (Å²) in [5, 5.41) is 5.05. The largest absolute Gasteiger partial charge is 0.465 e. The Kier molecular flexibility index (Phi) is 6.18. The van der Waals surface area contributed by atoms with E-state index in [9.17, 15) is 9.59 Å². The van der Waals surface area contributed by atoms with E-state index in [2.05, 4.69) is 10.1 Å². The molecule has 0 saturated carbocycles. The van der Waals surface area contributed by atoms with Crippen molar-refractivity contribution < 1.29 is 14.3 Å². The number of nitrogens with one attached hydrogen (secondary N) is 1. The van der Waals surface area contributed by atoms with Crippen LogP contribution in [0.15, 0.2) is 78.2 Å². The topological polar surface area (TPSA) is 55.4 Å². The Bertz CT molecular complexity index is 916. The molecule has 0 aliphatic heterocycles. The van der Waals surface area contributed by atoms with Gasteiger partial charge in [0.1, 0.15) is 0 Å². The first-order valence-electron chi connectivity index (χ1n) is 8.42. The number of hydrogen-bond acceptors (Lipinski definition) is 4. The Labute approximate surface area is 162 Å². The molecule has 0 fully saturated rings. The number of ether oxygens (including phenoxy) is 1. The third kappa shape index (κ3) is 4.92. The Morgan fingerprint density at radius 2 is 1.74 bits per heavy atom. The first-order valence-corrected chi connectivity index (χ1v) is 9.30. The lowest BCUT2D eigenvalue weighted by molar-refractivity contribution is -0.116. The van der Waals surface area contributed by atoms with Crippen molar-refractivity contribution in [1.29, 1.82) is 0 Å². The highest BCUT2D eigenvalue weighted by Gasteiger charge is 2.16. The van der Waals surface area contributed by atoms with Gasteiger partial charge in [0.25, 0.3) is 0 Å². The Balaban J connectivity index is 1.71. The molecule has 0 saturated heterocycles. The van der Waals surface area contributed by atoms with Crippen LogP contribution in [0.1, 0.15) is 32.4 Å². The van der Waals surface area contributed by atoms with E-state index in [4.69, 9.17) is 0 Å². The maximum atomic E-state index is 12.4. The van der Waals surface area contributed by atoms with Gasteiger partial charge in [0.05, 0.1) is 18.7 Å². The second kappa shape index (κ2) is 8.96. The van der Waals surface area contributed by atoms with Gasteiger partial charge in [-0.05, 0) is 40.8 Å². The number of esters is 1. The van der Waals surface area contributed by atoms with Gasteiger partial charge in [-0.1, -0.05) is 48.5 Å². The fraction of sp³-hybridized carbons (Fsp3) is 0.0909. The molecular formula is C22H19NO3S. The highest BCUT2D eigenvalue weighted by Crippen LogP contribution is 2.25. The summed E-state index contributed by atoms with van der Waals surface area (Å²) in [5.74, 6) is -0.570. The number of carbonyl (C=O) groups excluding carboxylic acids is 2. The van der Waals surface area contributed by atoms with E-state index in [1.165, 1.54) is 13.2 Å². The van der Waals surface area contributed by atoms with Crippen LogP contribution in [-0.4, -0.2) is 19.0 Å². The average molecular weight is 377 g/mol. The molecular weight excluding hydrogens is 358 g/mol. The molecule has 136 valence electrons. The predicted molar refractivity (Wildman–Crippen MR) is 108 cm³/mol. The van der Waals surface area contributed by atoms with Crippen LogP contribution in [0.3, 0.4) is 0 Å². The van der Waals surface area contributed by atoms with Gasteiger partial charge in [-0.15, -0.1) is 11.3 Å². The fourth-order valence-corrected chi connectivity index (χ4v) is 3.43. The second-order valence-electron chi connectivity index (χ2n) is 5.81. The standard InChI is InChI=1S/C22H19NO3S/c1-26-22(25)18-12-9-16(10-13-18)11-14-20(24)23-21(19-8-5-15-27-19)17-6-3-2-4-7-17/h2-15,21H,1H3,(H,23,24)/b14-11+/t21-/m1/s1. The molecule has 5 heteroatoms. The zero-order valence-electron chi connectivity index (χ0n) is 14.8. The van der Waals surface area contributed by atoms with E-state index in [1.807, 2.05) is 47.8 Å². The van der Waals surface area contributed by atoms with Gasteiger partial charge in [-0.2, -0.15) is 0 Å². The Morgan fingerprint density at radius 3 is 2.37 bits per heavy atom. The molecule has 1 heterocycles. The van der Waals surface area contributed by atoms with E-state index in [1.54, 1.807) is 41.7 Å². The van der Waals surface area contributed by atoms with Gasteiger partial charge < -0.3 is 10.1 Å². The minimum Gasteiger partial charge on any atom is -0.465 e. The van der Waals surface area contributed by atoms with Crippen LogP contribution in [0.4, 0.5) is 0 Å². The third-order valence-electron chi connectivity index (χ3n) is 4.01. The SMILES string of the molecule is COC(=O)c1ccc(/C=C/C(=O)N[C@H](c2ccccc2)c2cccs2)cc1. The normalized spacial score (nSPS) is 11.9. The van der Waals surface area contributed by atoms with Gasteiger partial charge in [-0.3, -0.25) is 4.79 Å². The zero-order valence-corrected chi connectivity index (χ0v) is 15.6. The van der Waals surface area contributed by atoms with E-state index in [0.29, 0.717) is 5.56 Å². The van der Waals surface area contributed by atoms with Crippen LogP contribution in [0, 0.1) is 0 Å². The van der Waals surface area contributed by atoms with Gasteiger partial charge >= 0.3 is 5.97 Å². The molecule has 0 radical (unpaired) electrons. The summed E-state index contributed by atoms with van der Waals surface area (Å²) in [6.45, 7) is 0. The van der Waals surface area contributed by atoms with Crippen molar-refractivity contribution in [3.8, 4) is 0 Å². The molecule has 3 aromatic rings. The lowest BCUT2D eigenvalue weighted by Crippen LogP contribution is -2.27. The molecule has 0 aliphatic rings. The molecule has 4 nitrogen and oxygen atoms in total. The van der Waals surface area contributed by atoms with E-state index in [-0.39, 0.29) is 17.9 Å². The van der Waals surface area contributed by atoms with Crippen LogP contribution in [0.2, 0.25) is 0 Å². The summed E-state index contributed by atoms with van der Waals surface area (Å²) >= 11 is 1.61. The van der Waals surface area contributed by atoms with Gasteiger partial charge in [-0.25, -0.2) is 4.79 Å². The lowest BCUT2D eigenvalue weighted by atomic mass is 10.1. The Hall–Kier alpha value is -3.18. The third-order valence-corrected chi connectivity index (χ3v) is 4.94. The number of amides is 1. The minimum absolute atomic E-state index is 0.186. The fourth-order valence-electron chi connectivity index (χ4n) is 2.63. The molecule has 1 aromatic heterocycles. The van der Waals surface area contributed by atoms with Crippen molar-refractivity contribution in [2.45, 2.75) is 6.04 Å². The van der Waals surface area contributed by atoms with Crippen LogP contribution in [0.5, 0.6) is 0 Å². The Morgan fingerprint density at radius 1 is 1.00 bits per heavy atom. The number of rotatable bonds is 6. The monoisotopic (exact) mass is 377 g/mol. The minimum atomic E-state index is -0.384. The molecule has 0 unspecified atom stereocenters. The summed E-state index contributed by atoms with van der Waals surface area (Å²) in [6.07, 6.45) is 3.21. The second-order valence-corrected chi connectivity index (χ2v) is 6.79. The number of thiophene rings is 1. The van der Waals surface area contributed by atoms with Crippen molar-refractivity contribution in [3.05, 3.63) is 99.8 Å². The molecule has 0 aliphatic carbocycles. The number of hydrogen-bond donors (Lipinski definition) is 1. The summed E-state index contributed by atoms with van der Waals surface area (Å²) in [4.78, 5) is 25.0. The van der Waals surface area contributed by atoms with Crippen LogP contribution < -0.4 is 5.32 Å². The first-order chi connectivity index (χ1) is 13.2. The average Bonchev–Trinajstić information content (AvgIpc) is 3.25. The van der Waals surface area contributed by atoms with Crippen molar-refractivity contribution >= 4 is 29.3 Å². The van der Waals surface area contributed by atoms with Crippen molar-refractivity contribution in [3.63, 3.8) is 0 Å². The predicted octanol–water partition coefficient (Wildman–Crippen LogP) is 4.45. The molecule has 1 amide bonds. The highest BCUT2D eigenvalue weighted by atomic mass is 32.1. The summed E-state index contributed by atoms with van der Waals surface area (Å²) in [5.41, 5.74) is 2.33. The summed E-state index contributed by atoms with van der Waals surface area (Å²) < 4.78 is 4.68. The molecule has 3 rings (SSSR count). The smallest absolute Gasteiger partial charge is 0.337 e. The number of carbonyl (C=O) groups is 2. The van der Waals surface area contributed by atoms with Crippen LogP contribution >= 0.6 is 11.3 Å². The number of benzene rings is 2. The maximum Gasteiger partial charge on any atom is 0.337 e. The van der Waals surface area contributed by atoms with Crippen molar-refractivity contribution in [1.82, 2.24) is 5.32 Å². The van der Waals surface area contributed by atoms with E-state index < -0.39 is 0 Å². The van der Waals surface area contributed by atoms with E-state index >= 15 is 0 Å². The number of methoxy groups -OCH3 is 1. The maximum absolute atomic E-state index is 12.4. The zero-order chi connectivity index (χ0) is 19.1. The quantitative estimate of drug-likeness (QED) is 0.510. The van der Waals surface area contributed by atoms with Gasteiger partial charge in [0.15, 0.2) is 0 Å². The van der Waals surface area contributed by atoms with Gasteiger partial charge in [0, 0.05) is 11.0 Å². The first kappa shape index (κ1) is 18.6. The summed E-state index contributed by atoms with van der Waals surface area (Å²) in [6, 6.07) is 20.5. The molecule has 2 aromatic carbocycles. The molecule has 27 heavy (non-hydrogen) atoms. The molecule has 0 bridgehead atoms. The highest BCUT2D eigenvalue weighted by molar-refractivity contribution is 7.10.